The van der Waals surface area contributed by atoms with Crippen LogP contribution in [0.2, 0.25) is 5.15 Å². The van der Waals surface area contributed by atoms with Crippen molar-refractivity contribution in [3.05, 3.63) is 16.4 Å². The molecule has 2 rings (SSSR count). The van der Waals surface area contributed by atoms with E-state index in [1.54, 1.807) is 4.68 Å². The average molecular weight is 290 g/mol. The fourth-order valence-corrected chi connectivity index (χ4v) is 3.92. The van der Waals surface area contributed by atoms with Gasteiger partial charge in [0.15, 0.2) is 0 Å². The Kier molecular flexibility index (Phi) is 4.59. The topological polar surface area (TPSA) is 41.3 Å². The molecule has 1 saturated heterocycles. The molecule has 1 aliphatic rings. The molecule has 2 unspecified atom stereocenters. The Morgan fingerprint density at radius 2 is 2.28 bits per heavy atom. The molecule has 0 radical (unpaired) electrons. The molecule has 2 heterocycles. The average Bonchev–Trinajstić information content (AvgIpc) is 2.56. The van der Waals surface area contributed by atoms with Gasteiger partial charge in [0.25, 0.3) is 0 Å². The quantitative estimate of drug-likeness (QED) is 0.912. The fraction of sp³-hybridized carbons (Fsp3) is 0.750. The molecule has 0 aromatic carbocycles. The Morgan fingerprint density at radius 3 is 2.83 bits per heavy atom. The highest BCUT2D eigenvalue weighted by Crippen LogP contribution is 2.24. The lowest BCUT2D eigenvalue weighted by Crippen LogP contribution is -2.47. The molecule has 4 nitrogen and oxygen atoms in total. The van der Waals surface area contributed by atoms with Gasteiger partial charge in [-0.1, -0.05) is 11.6 Å². The van der Waals surface area contributed by atoms with Gasteiger partial charge in [0.05, 0.1) is 11.8 Å². The zero-order chi connectivity index (χ0) is 13.3. The predicted molar refractivity (Wildman–Crippen MR) is 76.4 cm³/mol. The second-order valence-corrected chi connectivity index (χ2v) is 6.38. The summed E-state index contributed by atoms with van der Waals surface area (Å²) in [7, 11) is 3.90. The van der Waals surface area contributed by atoms with Crippen LogP contribution in [-0.2, 0) is 13.5 Å². The predicted octanol–water partition coefficient (Wildman–Crippen LogP) is 1.33. The molecule has 1 aromatic rings. The fourth-order valence-electron chi connectivity index (χ4n) is 2.36. The van der Waals surface area contributed by atoms with E-state index >= 15 is 0 Å². The van der Waals surface area contributed by atoms with E-state index in [0.29, 0.717) is 11.6 Å². The van der Waals surface area contributed by atoms with Crippen molar-refractivity contribution in [3.63, 3.8) is 0 Å². The maximum absolute atomic E-state index is 10.4. The summed E-state index contributed by atoms with van der Waals surface area (Å²) in [5.41, 5.74) is 1.88. The molecule has 0 aliphatic carbocycles. The zero-order valence-electron chi connectivity index (χ0n) is 11.1. The lowest BCUT2D eigenvalue weighted by atomic mass is 10.0. The molecule has 18 heavy (non-hydrogen) atoms. The lowest BCUT2D eigenvalue weighted by Gasteiger charge is -2.35. The van der Waals surface area contributed by atoms with Crippen LogP contribution in [0.15, 0.2) is 0 Å². The van der Waals surface area contributed by atoms with Gasteiger partial charge in [-0.15, -0.1) is 0 Å². The molecule has 0 amide bonds. The van der Waals surface area contributed by atoms with Crippen LogP contribution in [0.4, 0.5) is 0 Å². The maximum Gasteiger partial charge on any atom is 0.130 e. The largest absolute Gasteiger partial charge is 0.391 e. The van der Waals surface area contributed by atoms with Crippen LogP contribution in [0.25, 0.3) is 0 Å². The van der Waals surface area contributed by atoms with E-state index in [0.717, 1.165) is 29.3 Å². The molecule has 1 fully saturated rings. The first kappa shape index (κ1) is 14.2. The highest BCUT2D eigenvalue weighted by atomic mass is 35.5. The minimum absolute atomic E-state index is 0.208. The van der Waals surface area contributed by atoms with Crippen LogP contribution in [0.5, 0.6) is 0 Å². The number of aliphatic hydroxyl groups excluding tert-OH is 1. The van der Waals surface area contributed by atoms with Crippen LogP contribution in [0, 0.1) is 6.92 Å². The summed E-state index contributed by atoms with van der Waals surface area (Å²) < 4.78 is 1.66. The van der Waals surface area contributed by atoms with Crippen LogP contribution in [-0.4, -0.2) is 57.0 Å². The zero-order valence-corrected chi connectivity index (χ0v) is 12.6. The Labute approximate surface area is 117 Å². The minimum atomic E-state index is -0.386. The van der Waals surface area contributed by atoms with Gasteiger partial charge < -0.3 is 5.11 Å². The smallest absolute Gasteiger partial charge is 0.130 e. The third-order valence-corrected chi connectivity index (χ3v) is 5.09. The molecule has 0 bridgehead atoms. The van der Waals surface area contributed by atoms with E-state index in [1.165, 1.54) is 0 Å². The van der Waals surface area contributed by atoms with Crippen molar-refractivity contribution in [3.8, 4) is 0 Å². The number of hydrogen-bond acceptors (Lipinski definition) is 4. The van der Waals surface area contributed by atoms with E-state index in [9.17, 15) is 5.11 Å². The number of nitrogens with zero attached hydrogens (tertiary/aromatic N) is 3. The first-order valence-electron chi connectivity index (χ1n) is 6.14. The van der Waals surface area contributed by atoms with Crippen molar-refractivity contribution in [2.24, 2.45) is 7.05 Å². The van der Waals surface area contributed by atoms with Gasteiger partial charge in [0.2, 0.25) is 0 Å². The molecule has 6 heteroatoms. The molecule has 1 N–H and O–H groups in total. The van der Waals surface area contributed by atoms with E-state index in [4.69, 9.17) is 11.6 Å². The van der Waals surface area contributed by atoms with E-state index in [1.807, 2.05) is 25.7 Å². The van der Waals surface area contributed by atoms with Crippen molar-refractivity contribution < 1.29 is 5.11 Å². The van der Waals surface area contributed by atoms with Crippen molar-refractivity contribution >= 4 is 23.4 Å². The number of likely N-dealkylation sites (N-methyl/N-ethyl adjacent to an activating group) is 1. The second kappa shape index (κ2) is 5.82. The number of hydrogen-bond donors (Lipinski definition) is 1. The van der Waals surface area contributed by atoms with Crippen molar-refractivity contribution in [1.82, 2.24) is 14.7 Å². The summed E-state index contributed by atoms with van der Waals surface area (Å²) in [6, 6.07) is 0.208. The first-order chi connectivity index (χ1) is 8.50. The van der Waals surface area contributed by atoms with Crippen LogP contribution in [0.1, 0.15) is 11.3 Å². The highest BCUT2D eigenvalue weighted by Gasteiger charge is 2.28. The monoisotopic (exact) mass is 289 g/mol. The third-order valence-electron chi connectivity index (χ3n) is 3.57. The normalized spacial score (nSPS) is 23.3. The highest BCUT2D eigenvalue weighted by molar-refractivity contribution is 7.99. The molecule has 1 aliphatic heterocycles. The molecule has 2 atom stereocenters. The number of aromatic nitrogens is 2. The summed E-state index contributed by atoms with van der Waals surface area (Å²) in [5, 5.41) is 15.3. The van der Waals surface area contributed by atoms with Gasteiger partial charge in [-0.05, 0) is 14.0 Å². The SMILES string of the molecule is Cc1nn(C)c(Cl)c1CC(O)C1CSCCN1C. The summed E-state index contributed by atoms with van der Waals surface area (Å²) in [4.78, 5) is 2.24. The van der Waals surface area contributed by atoms with Gasteiger partial charge in [-0.25, -0.2) is 0 Å². The molecule has 102 valence electrons. The maximum atomic E-state index is 10.4. The Balaban J connectivity index is 2.08. The lowest BCUT2D eigenvalue weighted by molar-refractivity contribution is 0.0762. The Morgan fingerprint density at radius 1 is 1.56 bits per heavy atom. The Bertz CT molecular complexity index is 424. The van der Waals surface area contributed by atoms with E-state index in [2.05, 4.69) is 17.0 Å². The molecular weight excluding hydrogens is 270 g/mol. The van der Waals surface area contributed by atoms with Gasteiger partial charge in [-0.3, -0.25) is 9.58 Å². The Hall–Kier alpha value is -0.230. The molecule has 1 aromatic heterocycles. The number of rotatable bonds is 3. The summed E-state index contributed by atoms with van der Waals surface area (Å²) in [6.45, 7) is 2.97. The number of halogens is 1. The van der Waals surface area contributed by atoms with Crippen LogP contribution < -0.4 is 0 Å². The summed E-state index contributed by atoms with van der Waals surface area (Å²) in [6.07, 6.45) is 0.192. The number of aryl methyl sites for hydroxylation is 2. The summed E-state index contributed by atoms with van der Waals surface area (Å²) >= 11 is 8.11. The van der Waals surface area contributed by atoms with Gasteiger partial charge in [0.1, 0.15) is 5.15 Å². The standard InChI is InChI=1S/C12H20ClN3OS/c1-8-9(12(13)16(3)14-8)6-11(17)10-7-18-5-4-15(10)2/h10-11,17H,4-7H2,1-3H3. The third kappa shape index (κ3) is 2.85. The van der Waals surface area contributed by atoms with Gasteiger partial charge in [0, 0.05) is 43.1 Å². The molecule has 0 saturated carbocycles. The molecule has 0 spiro atoms. The van der Waals surface area contributed by atoms with Crippen LogP contribution in [0.3, 0.4) is 0 Å². The van der Waals surface area contributed by atoms with Gasteiger partial charge in [-0.2, -0.15) is 16.9 Å². The van der Waals surface area contributed by atoms with Crippen molar-refractivity contribution in [2.45, 2.75) is 25.5 Å². The van der Waals surface area contributed by atoms with Crippen molar-refractivity contribution in [1.29, 1.82) is 0 Å². The minimum Gasteiger partial charge on any atom is -0.391 e. The second-order valence-electron chi connectivity index (χ2n) is 4.87. The molecular formula is C12H20ClN3OS. The van der Waals surface area contributed by atoms with E-state index in [-0.39, 0.29) is 12.1 Å². The number of aliphatic hydroxyl groups is 1. The van der Waals surface area contributed by atoms with Crippen molar-refractivity contribution in [2.75, 3.05) is 25.1 Å². The first-order valence-corrected chi connectivity index (χ1v) is 7.68. The van der Waals surface area contributed by atoms with Gasteiger partial charge >= 0.3 is 0 Å². The summed E-state index contributed by atoms with van der Waals surface area (Å²) in [5.74, 6) is 2.13. The van der Waals surface area contributed by atoms with Crippen LogP contribution >= 0.6 is 23.4 Å². The van der Waals surface area contributed by atoms with E-state index < -0.39 is 0 Å². The number of thioether (sulfide) groups is 1.